The van der Waals surface area contributed by atoms with Gasteiger partial charge in [-0.05, 0) is 23.3 Å². The molecule has 0 spiro atoms. The molecule has 10 heteroatoms. The third kappa shape index (κ3) is 5.17. The largest absolute Gasteiger partial charge is 1.00 e. The number of aryl methyl sites for hydroxylation is 1. The number of carbonyl (C=O) groups excluding carboxylic acids is 1. The van der Waals surface area contributed by atoms with Gasteiger partial charge < -0.3 is 21.9 Å². The van der Waals surface area contributed by atoms with Crippen molar-refractivity contribution in [3.05, 3.63) is 45.0 Å². The summed E-state index contributed by atoms with van der Waals surface area (Å²) in [5.74, 6) is -0.259. The molecule has 0 saturated carbocycles. The van der Waals surface area contributed by atoms with Gasteiger partial charge in [0.15, 0.2) is 6.54 Å². The van der Waals surface area contributed by atoms with E-state index in [2.05, 4.69) is 10.1 Å². The van der Waals surface area contributed by atoms with E-state index in [0.29, 0.717) is 5.13 Å². The summed E-state index contributed by atoms with van der Waals surface area (Å²) in [4.78, 5) is 28.7. The highest BCUT2D eigenvalue weighted by atomic mass is 79.9. The summed E-state index contributed by atoms with van der Waals surface area (Å²) in [6, 6.07) is 5.67. The second-order valence-electron chi connectivity index (χ2n) is 5.00. The Morgan fingerprint density at radius 3 is 2.83 bits per heavy atom. The summed E-state index contributed by atoms with van der Waals surface area (Å²) in [6.45, 7) is 1.80. The molecule has 0 aliphatic rings. The van der Waals surface area contributed by atoms with Crippen LogP contribution in [-0.4, -0.2) is 41.1 Å². The second-order valence-corrected chi connectivity index (χ2v) is 6.16. The Morgan fingerprint density at radius 1 is 1.50 bits per heavy atom. The maximum absolute atomic E-state index is 12.3. The van der Waals surface area contributed by atoms with Gasteiger partial charge in [-0.1, -0.05) is 17.2 Å². The Balaban J connectivity index is 0.00000288. The van der Waals surface area contributed by atoms with Crippen molar-refractivity contribution in [1.82, 2.24) is 10.00 Å². The number of aliphatic imine (C=N–C) groups is 1. The number of hydrogen-bond donors (Lipinski definition) is 0. The number of nitro groups is 1. The summed E-state index contributed by atoms with van der Waals surface area (Å²) >= 11 is 1.37. The fourth-order valence-corrected chi connectivity index (χ4v) is 2.51. The molecule has 0 aliphatic carbocycles. The number of aromatic nitrogens is 2. The average Bonchev–Trinajstić information content (AvgIpc) is 2.85. The van der Waals surface area contributed by atoms with E-state index in [1.54, 1.807) is 17.3 Å². The smallest absolute Gasteiger partial charge is 0.406 e. The molecular formula is C14H16BrN5O3S. The average molecular weight is 414 g/mol. The zero-order valence-electron chi connectivity index (χ0n) is 13.3. The predicted octanol–water partition coefficient (Wildman–Crippen LogP) is -1.24. The Kier molecular flexibility index (Phi) is 7.11. The summed E-state index contributed by atoms with van der Waals surface area (Å²) in [7, 11) is 3.69. The van der Waals surface area contributed by atoms with Crippen LogP contribution in [0.2, 0.25) is 0 Å². The minimum absolute atomic E-state index is 0. The number of nitro benzene ring substituents is 1. The van der Waals surface area contributed by atoms with Crippen molar-refractivity contribution in [3.8, 4) is 0 Å². The van der Waals surface area contributed by atoms with Gasteiger partial charge in [0.2, 0.25) is 12.1 Å². The Labute approximate surface area is 153 Å². The summed E-state index contributed by atoms with van der Waals surface area (Å²) < 4.78 is 1.50. The maximum atomic E-state index is 12.3. The first-order chi connectivity index (χ1) is 10.9. The van der Waals surface area contributed by atoms with E-state index in [-0.39, 0.29) is 40.6 Å². The monoisotopic (exact) mass is 413 g/mol. The van der Waals surface area contributed by atoms with Crippen LogP contribution in [0.5, 0.6) is 0 Å². The predicted molar refractivity (Wildman–Crippen MR) is 86.3 cm³/mol. The van der Waals surface area contributed by atoms with Gasteiger partial charge in [-0.3, -0.25) is 14.9 Å². The first-order valence-electron chi connectivity index (χ1n) is 6.72. The Bertz CT molecular complexity index is 776. The highest BCUT2D eigenvalue weighted by Gasteiger charge is 2.21. The van der Waals surface area contributed by atoms with Crippen LogP contribution in [0, 0.1) is 17.0 Å². The summed E-state index contributed by atoms with van der Waals surface area (Å²) in [6.07, 6.45) is 1.63. The fraction of sp³-hybridized carbons (Fsp3) is 0.286. The minimum Gasteiger partial charge on any atom is -1.00 e. The number of non-ortho nitro benzene ring substituents is 1. The van der Waals surface area contributed by atoms with Gasteiger partial charge in [0.05, 0.1) is 4.92 Å². The van der Waals surface area contributed by atoms with Gasteiger partial charge in [0, 0.05) is 31.8 Å². The molecule has 0 aliphatic heterocycles. The molecule has 8 nitrogen and oxygen atoms in total. The summed E-state index contributed by atoms with van der Waals surface area (Å²) in [5, 5.41) is 16.4. The maximum Gasteiger partial charge on any atom is 0.406 e. The Morgan fingerprint density at radius 2 is 2.21 bits per heavy atom. The lowest BCUT2D eigenvalue weighted by Gasteiger charge is -1.99. The van der Waals surface area contributed by atoms with E-state index in [1.807, 2.05) is 21.0 Å². The van der Waals surface area contributed by atoms with Crippen LogP contribution in [0.3, 0.4) is 0 Å². The summed E-state index contributed by atoms with van der Waals surface area (Å²) in [5.41, 5.74) is 0.168. The van der Waals surface area contributed by atoms with E-state index in [1.165, 1.54) is 34.2 Å². The number of halogens is 1. The highest BCUT2D eigenvalue weighted by Crippen LogP contribution is 2.17. The van der Waals surface area contributed by atoms with Crippen molar-refractivity contribution >= 4 is 34.3 Å². The minimum atomic E-state index is -0.524. The van der Waals surface area contributed by atoms with Crippen LogP contribution < -0.4 is 21.7 Å². The van der Waals surface area contributed by atoms with Crippen LogP contribution >= 0.6 is 11.3 Å². The van der Waals surface area contributed by atoms with Crippen molar-refractivity contribution in [2.45, 2.75) is 13.5 Å². The molecule has 0 atom stereocenters. The molecule has 0 bridgehead atoms. The van der Waals surface area contributed by atoms with Crippen molar-refractivity contribution in [1.29, 1.82) is 0 Å². The number of rotatable bonds is 6. The number of carbonyl (C=O) groups is 1. The fourth-order valence-electron chi connectivity index (χ4n) is 1.80. The number of nitrogens with zero attached hydrogens (tertiary/aromatic N) is 5. The third-order valence-electron chi connectivity index (χ3n) is 2.79. The van der Waals surface area contributed by atoms with Gasteiger partial charge in [-0.15, -0.1) is 4.68 Å². The molecule has 0 N–H and O–H groups in total. The lowest BCUT2D eigenvalue weighted by Crippen LogP contribution is -3.00. The molecule has 2 rings (SSSR count). The van der Waals surface area contributed by atoms with E-state index in [4.69, 9.17) is 0 Å². The molecular weight excluding hydrogens is 398 g/mol. The van der Waals surface area contributed by atoms with E-state index in [9.17, 15) is 14.9 Å². The molecule has 0 fully saturated rings. The molecule has 1 aromatic carbocycles. The van der Waals surface area contributed by atoms with E-state index < -0.39 is 4.92 Å². The van der Waals surface area contributed by atoms with E-state index in [0.717, 1.165) is 5.01 Å². The first-order valence-corrected chi connectivity index (χ1v) is 7.54. The Hall–Kier alpha value is -2.20. The lowest BCUT2D eigenvalue weighted by molar-refractivity contribution is -0.724. The van der Waals surface area contributed by atoms with Crippen LogP contribution in [0.15, 0.2) is 29.3 Å². The van der Waals surface area contributed by atoms with Crippen LogP contribution in [0.25, 0.3) is 0 Å². The number of Topliss-reactive ketones (excluding diaryl/α,β-unsaturated/α-hetero) is 1. The zero-order chi connectivity index (χ0) is 17.0. The number of ketones is 1. The lowest BCUT2D eigenvalue weighted by atomic mass is 10.1. The molecule has 0 saturated heterocycles. The van der Waals surface area contributed by atoms with Crippen molar-refractivity contribution < 1.29 is 31.4 Å². The molecule has 2 aromatic rings. The van der Waals surface area contributed by atoms with Gasteiger partial charge in [0.25, 0.3) is 5.69 Å². The molecule has 1 heterocycles. The van der Waals surface area contributed by atoms with Gasteiger partial charge in [-0.25, -0.2) is 0 Å². The van der Waals surface area contributed by atoms with E-state index >= 15 is 0 Å². The quantitative estimate of drug-likeness (QED) is 0.147. The third-order valence-corrected chi connectivity index (χ3v) is 3.67. The normalized spacial score (nSPS) is 10.5. The topological polar surface area (TPSA) is 92.6 Å². The van der Waals surface area contributed by atoms with Gasteiger partial charge in [0.1, 0.15) is 5.01 Å². The van der Waals surface area contributed by atoms with Crippen molar-refractivity contribution in [2.75, 3.05) is 14.1 Å². The van der Waals surface area contributed by atoms with Crippen molar-refractivity contribution in [3.63, 3.8) is 0 Å². The molecule has 0 unspecified atom stereocenters. The van der Waals surface area contributed by atoms with Gasteiger partial charge in [-0.2, -0.15) is 0 Å². The van der Waals surface area contributed by atoms with Crippen molar-refractivity contribution in [2.24, 2.45) is 4.99 Å². The highest BCUT2D eigenvalue weighted by molar-refractivity contribution is 7.14. The second kappa shape index (κ2) is 8.60. The molecule has 0 amide bonds. The molecule has 0 radical (unpaired) electrons. The van der Waals surface area contributed by atoms with Crippen LogP contribution in [-0.2, 0) is 6.54 Å². The standard InChI is InChI=1S/C14H16N5O3S.BrH/c1-10-16-18(14(23-10)15-9-17(2)3)8-13(20)11-5-4-6-12(7-11)19(21)22;/h4-7,9H,8H2,1-3H3;1H/q+1;/p-1. The zero-order valence-corrected chi connectivity index (χ0v) is 15.7. The first kappa shape index (κ1) is 19.8. The van der Waals surface area contributed by atoms with Gasteiger partial charge >= 0.3 is 5.13 Å². The molecule has 24 heavy (non-hydrogen) atoms. The molecule has 1 aromatic heterocycles. The SMILES string of the molecule is Cc1n[n+](CC(=O)c2cccc([N+](=O)[O-])c2)c(N=CN(C)C)s1.[Br-]. The molecule has 128 valence electrons. The number of benzene rings is 1. The van der Waals surface area contributed by atoms with Crippen LogP contribution in [0.4, 0.5) is 10.8 Å². The van der Waals surface area contributed by atoms with Crippen LogP contribution in [0.1, 0.15) is 15.4 Å². The number of hydrogen-bond acceptors (Lipinski definition) is 6.